The first-order valence-corrected chi connectivity index (χ1v) is 9.63. The molecule has 0 aromatic heterocycles. The molecule has 2 heterocycles. The van der Waals surface area contributed by atoms with Gasteiger partial charge in [0, 0.05) is 17.2 Å². The molecule has 1 saturated heterocycles. The summed E-state index contributed by atoms with van der Waals surface area (Å²) in [6.45, 7) is 1.34. The van der Waals surface area contributed by atoms with Gasteiger partial charge in [0.25, 0.3) is 5.91 Å². The number of hydrogen-bond donors (Lipinski definition) is 5. The molecule has 0 radical (unpaired) electrons. The van der Waals surface area contributed by atoms with Crippen LogP contribution in [0.3, 0.4) is 0 Å². The lowest BCUT2D eigenvalue weighted by molar-refractivity contribution is -0.150. The third kappa shape index (κ3) is 4.98. The molecule has 29 heavy (non-hydrogen) atoms. The molecule has 2 aliphatic heterocycles. The lowest BCUT2D eigenvalue weighted by Crippen LogP contribution is -2.71. The molecule has 0 aromatic carbocycles. The van der Waals surface area contributed by atoms with E-state index in [-0.39, 0.29) is 37.1 Å². The molecule has 0 spiro atoms. The van der Waals surface area contributed by atoms with Crippen LogP contribution >= 0.6 is 11.8 Å². The minimum absolute atomic E-state index is 0.0168. The Hall–Kier alpha value is -2.80. The second-order valence-corrected chi connectivity index (χ2v) is 8.01. The topological polar surface area (TPSA) is 202 Å². The molecule has 4 atom stereocenters. The van der Waals surface area contributed by atoms with Crippen LogP contribution < -0.4 is 16.8 Å². The highest BCUT2D eigenvalue weighted by Gasteiger charge is 2.55. The second kappa shape index (κ2) is 9.13. The Balaban J connectivity index is 2.03. The van der Waals surface area contributed by atoms with Gasteiger partial charge >= 0.3 is 18.0 Å². The van der Waals surface area contributed by atoms with Crippen molar-refractivity contribution in [1.29, 1.82) is 0 Å². The first kappa shape index (κ1) is 22.5. The van der Waals surface area contributed by atoms with E-state index in [4.69, 9.17) is 21.3 Å². The molecule has 0 bridgehead atoms. The van der Waals surface area contributed by atoms with Gasteiger partial charge in [-0.1, -0.05) is 0 Å². The predicted octanol–water partition coefficient (Wildman–Crippen LogP) is -1.21. The van der Waals surface area contributed by atoms with E-state index >= 15 is 0 Å². The zero-order valence-corrected chi connectivity index (χ0v) is 16.3. The van der Waals surface area contributed by atoms with Crippen molar-refractivity contribution in [2.75, 3.05) is 6.61 Å². The lowest BCUT2D eigenvalue weighted by Gasteiger charge is -2.51. The molecule has 0 saturated carbocycles. The highest BCUT2D eigenvalue weighted by Crippen LogP contribution is 2.44. The fourth-order valence-electron chi connectivity index (χ4n) is 3.04. The van der Waals surface area contributed by atoms with Crippen molar-refractivity contribution in [2.45, 2.75) is 48.9 Å². The van der Waals surface area contributed by atoms with Gasteiger partial charge in [-0.25, -0.2) is 9.59 Å². The van der Waals surface area contributed by atoms with Crippen molar-refractivity contribution in [2.24, 2.45) is 11.5 Å². The molecular weight excluding hydrogens is 408 g/mol. The Morgan fingerprint density at radius 2 is 1.97 bits per heavy atom. The second-order valence-electron chi connectivity index (χ2n) is 6.55. The van der Waals surface area contributed by atoms with Crippen LogP contribution in [-0.4, -0.2) is 74.3 Å². The molecule has 3 amide bonds. The van der Waals surface area contributed by atoms with E-state index < -0.39 is 52.6 Å². The third-order valence-electron chi connectivity index (χ3n) is 4.55. The van der Waals surface area contributed by atoms with Gasteiger partial charge in [0.05, 0.1) is 0 Å². The van der Waals surface area contributed by atoms with Gasteiger partial charge in [-0.3, -0.25) is 19.3 Å². The average Bonchev–Trinajstić information content (AvgIpc) is 2.63. The van der Waals surface area contributed by atoms with Gasteiger partial charge in [-0.05, 0) is 19.8 Å². The Morgan fingerprint density at radius 3 is 2.52 bits per heavy atom. The number of hydrogen-bond acceptors (Lipinski definition) is 8. The molecule has 1 fully saturated rings. The number of aliphatic carboxylic acids is 2. The highest BCUT2D eigenvalue weighted by atomic mass is 32.2. The van der Waals surface area contributed by atoms with Crippen LogP contribution in [0.4, 0.5) is 4.79 Å². The molecule has 3 unspecified atom stereocenters. The fourth-order valence-corrected chi connectivity index (χ4v) is 4.47. The largest absolute Gasteiger partial charge is 0.480 e. The van der Waals surface area contributed by atoms with E-state index in [0.717, 1.165) is 4.90 Å². The van der Waals surface area contributed by atoms with Crippen LogP contribution in [-0.2, 0) is 23.9 Å². The SMILES string of the molecule is CC1S[C@@H]2C(NC(=O)CCCC(N)C(=O)O)C(=O)N2C(C(=O)O)=C1COC(N)=O. The van der Waals surface area contributed by atoms with Crippen molar-refractivity contribution < 1.29 is 38.9 Å². The Kier molecular flexibility index (Phi) is 7.08. The quantitative estimate of drug-likeness (QED) is 0.276. The lowest BCUT2D eigenvalue weighted by atomic mass is 10.0. The summed E-state index contributed by atoms with van der Waals surface area (Å²) < 4.78 is 4.69. The number of fused-ring (bicyclic) bond motifs is 1. The Morgan fingerprint density at radius 1 is 1.31 bits per heavy atom. The number of nitrogens with one attached hydrogen (secondary N) is 1. The van der Waals surface area contributed by atoms with Gasteiger partial charge in [0.2, 0.25) is 5.91 Å². The van der Waals surface area contributed by atoms with Crippen LogP contribution in [0, 0.1) is 0 Å². The number of rotatable bonds is 9. The first-order chi connectivity index (χ1) is 13.5. The number of amides is 3. The summed E-state index contributed by atoms with van der Waals surface area (Å²) in [6.07, 6.45) is -0.744. The zero-order valence-electron chi connectivity index (χ0n) is 15.5. The number of ether oxygens (including phenoxy) is 1. The van der Waals surface area contributed by atoms with Gasteiger partial charge in [0.1, 0.15) is 29.8 Å². The summed E-state index contributed by atoms with van der Waals surface area (Å²) in [7, 11) is 0. The van der Waals surface area contributed by atoms with Gasteiger partial charge in [-0.15, -0.1) is 11.8 Å². The monoisotopic (exact) mass is 430 g/mol. The molecule has 7 N–H and O–H groups in total. The zero-order chi connectivity index (χ0) is 21.9. The fraction of sp³-hybridized carbons (Fsp3) is 0.562. The van der Waals surface area contributed by atoms with Crippen LogP contribution in [0.15, 0.2) is 11.3 Å². The maximum absolute atomic E-state index is 12.5. The molecule has 0 aliphatic carbocycles. The summed E-state index contributed by atoms with van der Waals surface area (Å²) >= 11 is 1.24. The number of carbonyl (C=O) groups is 5. The van der Waals surface area contributed by atoms with Crippen LogP contribution in [0.2, 0.25) is 0 Å². The number of nitrogens with two attached hydrogens (primary N) is 2. The standard InChI is InChI=1S/C16H22N4O8S/c1-6-7(5-28-16(18)27)11(15(25)26)20-12(22)10(13(20)29-6)19-9(21)4-2-3-8(17)14(23)24/h6,8,10,13H,2-5,17H2,1H3,(H2,18,27)(H,19,21)(H,23,24)(H,25,26)/t6?,8?,10?,13-/m1/s1. The number of carboxylic acid groups (broad SMARTS) is 2. The smallest absolute Gasteiger partial charge is 0.404 e. The maximum atomic E-state index is 12.5. The molecule has 2 aliphatic rings. The first-order valence-electron chi connectivity index (χ1n) is 8.69. The van der Waals surface area contributed by atoms with Crippen molar-refractivity contribution in [3.05, 3.63) is 11.3 Å². The molecular formula is C16H22N4O8S. The number of primary amides is 1. The maximum Gasteiger partial charge on any atom is 0.404 e. The summed E-state index contributed by atoms with van der Waals surface area (Å²) in [5.74, 6) is -3.57. The molecule has 12 nitrogen and oxygen atoms in total. The molecule has 0 aromatic rings. The van der Waals surface area contributed by atoms with E-state index in [1.807, 2.05) is 0 Å². The van der Waals surface area contributed by atoms with Crippen molar-refractivity contribution in [1.82, 2.24) is 10.2 Å². The minimum Gasteiger partial charge on any atom is -0.480 e. The number of carbonyl (C=O) groups excluding carboxylic acids is 3. The van der Waals surface area contributed by atoms with E-state index in [0.29, 0.717) is 0 Å². The van der Waals surface area contributed by atoms with Gasteiger partial charge in [-0.2, -0.15) is 0 Å². The molecule has 13 heteroatoms. The third-order valence-corrected chi connectivity index (χ3v) is 6.00. The van der Waals surface area contributed by atoms with E-state index in [1.54, 1.807) is 6.92 Å². The van der Waals surface area contributed by atoms with Crippen molar-refractivity contribution in [3.63, 3.8) is 0 Å². The van der Waals surface area contributed by atoms with E-state index in [2.05, 4.69) is 5.32 Å². The summed E-state index contributed by atoms with van der Waals surface area (Å²) in [4.78, 5) is 58.8. The number of β-lactam (4-membered cyclic amide) rings is 1. The van der Waals surface area contributed by atoms with Gasteiger partial charge < -0.3 is 31.7 Å². The van der Waals surface area contributed by atoms with E-state index in [9.17, 15) is 29.1 Å². The van der Waals surface area contributed by atoms with Crippen LogP contribution in [0.5, 0.6) is 0 Å². The Labute approximate surface area is 169 Å². The van der Waals surface area contributed by atoms with Crippen molar-refractivity contribution >= 4 is 41.6 Å². The molecule has 160 valence electrons. The summed E-state index contributed by atoms with van der Waals surface area (Å²) in [5, 5.41) is 19.8. The number of nitrogens with zero attached hydrogens (tertiary/aromatic N) is 1. The summed E-state index contributed by atoms with van der Waals surface area (Å²) in [6, 6.07) is -1.97. The Bertz CT molecular complexity index is 770. The van der Waals surface area contributed by atoms with E-state index in [1.165, 1.54) is 11.8 Å². The van der Waals surface area contributed by atoms with Crippen LogP contribution in [0.25, 0.3) is 0 Å². The summed E-state index contributed by atoms with van der Waals surface area (Å²) in [5.41, 5.74) is 10.2. The van der Waals surface area contributed by atoms with Gasteiger partial charge in [0.15, 0.2) is 0 Å². The van der Waals surface area contributed by atoms with Crippen LogP contribution in [0.1, 0.15) is 26.2 Å². The molecule has 2 rings (SSSR count). The normalized spacial score (nSPS) is 24.3. The number of thioether (sulfide) groups is 1. The highest BCUT2D eigenvalue weighted by molar-refractivity contribution is 8.00. The average molecular weight is 430 g/mol. The predicted molar refractivity (Wildman–Crippen MR) is 99.3 cm³/mol. The number of carboxylic acids is 2. The minimum atomic E-state index is -1.36. The van der Waals surface area contributed by atoms with Crippen molar-refractivity contribution in [3.8, 4) is 0 Å².